The first-order valence-electron chi connectivity index (χ1n) is 17.5. The average molecular weight is 594 g/mol. The van der Waals surface area contributed by atoms with E-state index in [0.717, 1.165) is 72.7 Å². The van der Waals surface area contributed by atoms with Gasteiger partial charge in [-0.25, -0.2) is 9.97 Å². The van der Waals surface area contributed by atoms with E-state index in [1.165, 1.54) is 83.5 Å². The molecule has 0 saturated carbocycles. The summed E-state index contributed by atoms with van der Waals surface area (Å²) in [7, 11) is 0. The Morgan fingerprint density at radius 3 is 2.05 bits per heavy atom. The van der Waals surface area contributed by atoms with Crippen molar-refractivity contribution in [2.75, 3.05) is 12.3 Å². The number of para-hydroxylation sites is 1. The highest BCUT2D eigenvalue weighted by atomic mass is 16.7. The zero-order valence-electron chi connectivity index (χ0n) is 27.3. The predicted molar refractivity (Wildman–Crippen MR) is 181 cm³/mol. The minimum absolute atomic E-state index is 0.185. The molecule has 240 valence electrons. The number of nitrogen functional groups attached to an aromatic ring is 1. The first kappa shape index (κ1) is 34.7. The Morgan fingerprint density at radius 2 is 1.40 bits per heavy atom. The first-order chi connectivity index (χ1) is 21.0. The van der Waals surface area contributed by atoms with E-state index in [4.69, 9.17) is 21.3 Å². The number of amides is 1. The number of anilines is 1. The van der Waals surface area contributed by atoms with Gasteiger partial charge in [0.2, 0.25) is 5.91 Å². The molecule has 1 unspecified atom stereocenters. The summed E-state index contributed by atoms with van der Waals surface area (Å²) in [6.07, 6.45) is 25.1. The molecule has 43 heavy (non-hydrogen) atoms. The largest absolute Gasteiger partial charge is 0.412 e. The first-order valence-corrected chi connectivity index (χ1v) is 17.5. The number of nitrogens with zero attached hydrogens (tertiary/aromatic N) is 3. The number of imidazole rings is 1. The van der Waals surface area contributed by atoms with E-state index in [9.17, 15) is 4.79 Å². The molecule has 0 aliphatic rings. The van der Waals surface area contributed by atoms with Gasteiger partial charge in [0.1, 0.15) is 23.5 Å². The van der Waals surface area contributed by atoms with Gasteiger partial charge in [-0.2, -0.15) is 4.73 Å². The molecule has 0 bridgehead atoms. The van der Waals surface area contributed by atoms with Gasteiger partial charge in [-0.15, -0.1) is 0 Å². The summed E-state index contributed by atoms with van der Waals surface area (Å²) in [4.78, 5) is 27.3. The minimum Gasteiger partial charge on any atom is -0.412 e. The molecule has 7 heteroatoms. The number of hydrogen-bond donors (Lipinski definition) is 2. The van der Waals surface area contributed by atoms with Crippen LogP contribution in [0, 0.1) is 5.92 Å². The number of unbranched alkanes of at least 4 members (excludes halogenated alkanes) is 13. The van der Waals surface area contributed by atoms with E-state index in [1.807, 2.05) is 22.9 Å². The number of aryl methyl sites for hydroxylation is 1. The summed E-state index contributed by atoms with van der Waals surface area (Å²) >= 11 is 0. The molecule has 2 heterocycles. The molecule has 0 saturated heterocycles. The summed E-state index contributed by atoms with van der Waals surface area (Å²) in [6, 6.07) is 8.04. The maximum absolute atomic E-state index is 11.5. The number of carbonyl (C=O) groups excluding carboxylic acids is 1. The maximum atomic E-state index is 11.5. The lowest BCUT2D eigenvalue weighted by Crippen LogP contribution is -2.17. The van der Waals surface area contributed by atoms with Gasteiger partial charge in [0, 0.05) is 18.2 Å². The van der Waals surface area contributed by atoms with Crippen LogP contribution >= 0.6 is 0 Å². The standard InChI is InChI=1S/C36H59N5O2/c1-3-5-7-8-9-10-11-12-13-14-15-16-21-29(26-27-32(37)42)22-19-20-28-43-41-33(25-6-4-2)40-34-35(41)30-23-17-18-24-31(30)39-36(34)38/h17-18,23-24,29H,3-16,19-22,25-28H2,1-2H3,(H2,37,42)(H2,38,39). The van der Waals surface area contributed by atoms with Gasteiger partial charge in [0.25, 0.3) is 0 Å². The van der Waals surface area contributed by atoms with Crippen LogP contribution in [-0.2, 0) is 11.2 Å². The molecule has 2 aromatic heterocycles. The number of nitrogens with two attached hydrogens (primary N) is 2. The van der Waals surface area contributed by atoms with Crippen molar-refractivity contribution in [2.24, 2.45) is 11.7 Å². The van der Waals surface area contributed by atoms with Gasteiger partial charge in [0.15, 0.2) is 5.82 Å². The van der Waals surface area contributed by atoms with Gasteiger partial charge >= 0.3 is 0 Å². The molecular formula is C36H59N5O2. The molecule has 0 fully saturated rings. The molecule has 0 aliphatic carbocycles. The molecule has 4 N–H and O–H groups in total. The molecular weight excluding hydrogens is 534 g/mol. The fourth-order valence-corrected chi connectivity index (χ4v) is 6.20. The fourth-order valence-electron chi connectivity index (χ4n) is 6.20. The molecule has 1 amide bonds. The summed E-state index contributed by atoms with van der Waals surface area (Å²) in [5.74, 6) is 1.73. The van der Waals surface area contributed by atoms with Crippen LogP contribution in [0.5, 0.6) is 0 Å². The van der Waals surface area contributed by atoms with Gasteiger partial charge in [-0.3, -0.25) is 4.79 Å². The number of primary amides is 1. The van der Waals surface area contributed by atoms with E-state index in [0.29, 0.717) is 24.8 Å². The van der Waals surface area contributed by atoms with Gasteiger partial charge in [0.05, 0.1) is 5.52 Å². The minimum atomic E-state index is -0.185. The normalized spacial score (nSPS) is 12.3. The Bertz CT molecular complexity index is 1210. The number of pyridine rings is 1. The quantitative estimate of drug-likeness (QED) is 0.0952. The molecule has 0 radical (unpaired) electrons. The maximum Gasteiger partial charge on any atom is 0.217 e. The van der Waals surface area contributed by atoms with Crippen molar-refractivity contribution in [3.63, 3.8) is 0 Å². The fraction of sp³-hybridized carbons (Fsp3) is 0.694. The van der Waals surface area contributed by atoms with Crippen molar-refractivity contribution >= 4 is 33.7 Å². The van der Waals surface area contributed by atoms with Crippen molar-refractivity contribution in [1.29, 1.82) is 0 Å². The van der Waals surface area contributed by atoms with E-state index in [2.05, 4.69) is 24.9 Å². The van der Waals surface area contributed by atoms with Crippen molar-refractivity contribution in [1.82, 2.24) is 14.7 Å². The molecule has 1 aromatic carbocycles. The predicted octanol–water partition coefficient (Wildman–Crippen LogP) is 9.08. The second-order valence-corrected chi connectivity index (χ2v) is 12.5. The Kier molecular flexibility index (Phi) is 16.3. The van der Waals surface area contributed by atoms with E-state index >= 15 is 0 Å². The Morgan fingerprint density at radius 1 is 0.791 bits per heavy atom. The van der Waals surface area contributed by atoms with Crippen molar-refractivity contribution in [2.45, 2.75) is 149 Å². The van der Waals surface area contributed by atoms with Crippen LogP contribution < -0.4 is 16.3 Å². The Hall–Kier alpha value is -2.83. The van der Waals surface area contributed by atoms with Crippen LogP contribution in [0.3, 0.4) is 0 Å². The zero-order valence-corrected chi connectivity index (χ0v) is 27.3. The van der Waals surface area contributed by atoms with Gasteiger partial charge < -0.3 is 16.3 Å². The van der Waals surface area contributed by atoms with Crippen LogP contribution in [0.4, 0.5) is 5.82 Å². The topological polar surface area (TPSA) is 109 Å². The lowest BCUT2D eigenvalue weighted by Gasteiger charge is -2.17. The number of carbonyl (C=O) groups is 1. The third-order valence-electron chi connectivity index (χ3n) is 8.79. The zero-order chi connectivity index (χ0) is 30.7. The van der Waals surface area contributed by atoms with Gasteiger partial charge in [-0.05, 0) is 37.7 Å². The molecule has 3 aromatic rings. The molecule has 0 aliphatic heterocycles. The number of fused-ring (bicyclic) bond motifs is 3. The van der Waals surface area contributed by atoms with Crippen molar-refractivity contribution in [3.05, 3.63) is 30.1 Å². The number of aromatic nitrogens is 3. The summed E-state index contributed by atoms with van der Waals surface area (Å²) < 4.78 is 1.92. The molecule has 3 rings (SSSR count). The highest BCUT2D eigenvalue weighted by Crippen LogP contribution is 2.29. The second-order valence-electron chi connectivity index (χ2n) is 12.5. The van der Waals surface area contributed by atoms with Crippen LogP contribution in [0.25, 0.3) is 21.9 Å². The average Bonchev–Trinajstić information content (AvgIpc) is 3.37. The summed E-state index contributed by atoms with van der Waals surface area (Å²) in [5.41, 5.74) is 14.3. The van der Waals surface area contributed by atoms with Crippen LogP contribution in [0.15, 0.2) is 24.3 Å². The summed E-state index contributed by atoms with van der Waals surface area (Å²) in [6.45, 7) is 5.08. The van der Waals surface area contributed by atoms with Crippen LogP contribution in [-0.4, -0.2) is 27.2 Å². The number of hydrogen-bond acceptors (Lipinski definition) is 5. The smallest absolute Gasteiger partial charge is 0.217 e. The molecule has 7 nitrogen and oxygen atoms in total. The van der Waals surface area contributed by atoms with Crippen LogP contribution in [0.1, 0.15) is 148 Å². The second kappa shape index (κ2) is 20.2. The van der Waals surface area contributed by atoms with E-state index in [1.54, 1.807) is 0 Å². The third-order valence-corrected chi connectivity index (χ3v) is 8.79. The number of rotatable bonds is 25. The SMILES string of the molecule is CCCCCCCCCCCCCCC(CCCCOn1c(CCCC)nc2c(N)nc3ccccc3c21)CCC(N)=O. The highest BCUT2D eigenvalue weighted by Gasteiger charge is 2.18. The monoisotopic (exact) mass is 593 g/mol. The van der Waals surface area contributed by atoms with E-state index in [-0.39, 0.29) is 5.91 Å². The van der Waals surface area contributed by atoms with Gasteiger partial charge in [-0.1, -0.05) is 128 Å². The highest BCUT2D eigenvalue weighted by molar-refractivity contribution is 6.06. The molecule has 1 atom stereocenters. The van der Waals surface area contributed by atoms with Crippen molar-refractivity contribution < 1.29 is 9.63 Å². The van der Waals surface area contributed by atoms with E-state index < -0.39 is 0 Å². The summed E-state index contributed by atoms with van der Waals surface area (Å²) in [5, 5.41) is 1.01. The molecule has 0 spiro atoms. The van der Waals surface area contributed by atoms with Crippen molar-refractivity contribution in [3.8, 4) is 0 Å². The lowest BCUT2D eigenvalue weighted by atomic mass is 9.91. The Labute approximate surface area is 260 Å². The van der Waals surface area contributed by atoms with Crippen LogP contribution in [0.2, 0.25) is 0 Å². The number of benzene rings is 1. The Balaban J connectivity index is 1.43. The lowest BCUT2D eigenvalue weighted by molar-refractivity contribution is -0.118. The third kappa shape index (κ3) is 12.0.